The minimum absolute atomic E-state index is 0.169. The van der Waals surface area contributed by atoms with E-state index < -0.39 is 5.41 Å². The fourth-order valence-electron chi connectivity index (χ4n) is 6.81. The Labute approximate surface area is 190 Å². The Morgan fingerprint density at radius 3 is 1.84 bits per heavy atom. The van der Waals surface area contributed by atoms with Crippen molar-refractivity contribution in [1.29, 1.82) is 0 Å². The lowest BCUT2D eigenvalue weighted by molar-refractivity contribution is -0.196. The van der Waals surface area contributed by atoms with Crippen LogP contribution in [0.4, 0.5) is 0 Å². The molecule has 4 nitrogen and oxygen atoms in total. The van der Waals surface area contributed by atoms with Gasteiger partial charge in [-0.3, -0.25) is 9.59 Å². The van der Waals surface area contributed by atoms with E-state index >= 15 is 0 Å². The Bertz CT molecular complexity index is 924. The van der Waals surface area contributed by atoms with Gasteiger partial charge < -0.3 is 9.47 Å². The van der Waals surface area contributed by atoms with Crippen LogP contribution in [0.25, 0.3) is 0 Å². The first kappa shape index (κ1) is 21.2. The first-order valence-corrected chi connectivity index (χ1v) is 12.1. The maximum absolute atomic E-state index is 13.5. The summed E-state index contributed by atoms with van der Waals surface area (Å²) in [5.74, 6) is 0.634. The molecule has 6 rings (SSSR count). The highest BCUT2D eigenvalue weighted by atomic mass is 16.5. The quantitative estimate of drug-likeness (QED) is 0.551. The lowest BCUT2D eigenvalue weighted by Crippen LogP contribution is -2.59. The van der Waals surface area contributed by atoms with Gasteiger partial charge in [0.2, 0.25) is 0 Å². The van der Waals surface area contributed by atoms with E-state index in [1.807, 2.05) is 60.7 Å². The molecule has 0 aromatic heterocycles. The summed E-state index contributed by atoms with van der Waals surface area (Å²) in [6.07, 6.45) is 6.26. The molecular formula is C28H32O4. The molecule has 4 saturated carbocycles. The van der Waals surface area contributed by atoms with Gasteiger partial charge in [0, 0.05) is 12.8 Å². The highest BCUT2D eigenvalue weighted by Gasteiger charge is 2.64. The van der Waals surface area contributed by atoms with Crippen LogP contribution in [0.2, 0.25) is 0 Å². The molecule has 2 aromatic rings. The van der Waals surface area contributed by atoms with Crippen molar-refractivity contribution in [3.05, 3.63) is 71.8 Å². The average Bonchev–Trinajstić information content (AvgIpc) is 2.80. The molecule has 32 heavy (non-hydrogen) atoms. The number of carbonyl (C=O) groups is 2. The van der Waals surface area contributed by atoms with Crippen molar-refractivity contribution in [3.8, 4) is 0 Å². The fraction of sp³-hybridized carbons (Fsp3) is 0.500. The van der Waals surface area contributed by atoms with Crippen molar-refractivity contribution in [3.63, 3.8) is 0 Å². The van der Waals surface area contributed by atoms with Crippen LogP contribution in [-0.2, 0) is 31.9 Å². The standard InChI is InChI=1S/C28H32O4/c29-26(31-13-11-20-7-3-1-4-8-20)25-24-16-22-15-23(17-24)19-28(25,18-22)27(30)32-14-12-21-9-5-2-6-10-21/h1-10,22-25H,11-19H2. The van der Waals surface area contributed by atoms with Gasteiger partial charge in [0.15, 0.2) is 0 Å². The van der Waals surface area contributed by atoms with Crippen molar-refractivity contribution in [2.45, 2.75) is 44.9 Å². The first-order valence-electron chi connectivity index (χ1n) is 12.1. The van der Waals surface area contributed by atoms with Gasteiger partial charge in [-0.15, -0.1) is 0 Å². The maximum Gasteiger partial charge on any atom is 0.312 e. The van der Waals surface area contributed by atoms with Crippen LogP contribution >= 0.6 is 0 Å². The van der Waals surface area contributed by atoms with E-state index in [1.165, 1.54) is 6.42 Å². The molecule has 2 aromatic carbocycles. The highest BCUT2D eigenvalue weighted by molar-refractivity contribution is 5.86. The molecule has 0 amide bonds. The summed E-state index contributed by atoms with van der Waals surface area (Å²) in [4.78, 5) is 26.8. The molecule has 0 heterocycles. The highest BCUT2D eigenvalue weighted by Crippen LogP contribution is 2.63. The normalized spacial score (nSPS) is 30.1. The molecule has 4 heteroatoms. The van der Waals surface area contributed by atoms with Crippen LogP contribution < -0.4 is 0 Å². The molecule has 168 valence electrons. The smallest absolute Gasteiger partial charge is 0.312 e. The molecule has 3 atom stereocenters. The number of esters is 2. The second-order valence-corrected chi connectivity index (χ2v) is 10.0. The van der Waals surface area contributed by atoms with E-state index in [0.29, 0.717) is 37.9 Å². The summed E-state index contributed by atoms with van der Waals surface area (Å²) in [5, 5.41) is 0. The van der Waals surface area contributed by atoms with Crippen LogP contribution in [0.3, 0.4) is 0 Å². The zero-order valence-electron chi connectivity index (χ0n) is 18.6. The van der Waals surface area contributed by atoms with E-state index in [4.69, 9.17) is 9.47 Å². The summed E-state index contributed by atoms with van der Waals surface area (Å²) in [6, 6.07) is 20.1. The predicted octanol–water partition coefficient (Wildman–Crippen LogP) is 5.00. The summed E-state index contributed by atoms with van der Waals surface area (Å²) >= 11 is 0. The van der Waals surface area contributed by atoms with E-state index in [2.05, 4.69) is 0 Å². The zero-order valence-corrected chi connectivity index (χ0v) is 18.6. The van der Waals surface area contributed by atoms with Crippen molar-refractivity contribution in [1.82, 2.24) is 0 Å². The fourth-order valence-corrected chi connectivity index (χ4v) is 6.81. The van der Waals surface area contributed by atoms with Crippen LogP contribution in [0.5, 0.6) is 0 Å². The molecular weight excluding hydrogens is 400 g/mol. The van der Waals surface area contributed by atoms with E-state index in [1.54, 1.807) is 0 Å². The maximum atomic E-state index is 13.5. The van der Waals surface area contributed by atoms with E-state index in [-0.39, 0.29) is 23.8 Å². The van der Waals surface area contributed by atoms with Gasteiger partial charge in [-0.25, -0.2) is 0 Å². The monoisotopic (exact) mass is 432 g/mol. The predicted molar refractivity (Wildman–Crippen MR) is 122 cm³/mol. The third kappa shape index (κ3) is 4.20. The van der Waals surface area contributed by atoms with Gasteiger partial charge in [-0.2, -0.15) is 0 Å². The van der Waals surface area contributed by atoms with Crippen molar-refractivity contribution < 1.29 is 19.1 Å². The topological polar surface area (TPSA) is 52.6 Å². The molecule has 4 bridgehead atoms. The van der Waals surface area contributed by atoms with Gasteiger partial charge in [0.1, 0.15) is 0 Å². The molecule has 0 spiro atoms. The first-order chi connectivity index (χ1) is 15.6. The molecule has 4 aliphatic carbocycles. The Morgan fingerprint density at radius 2 is 1.28 bits per heavy atom. The minimum atomic E-state index is -0.685. The van der Waals surface area contributed by atoms with Crippen LogP contribution in [0.1, 0.15) is 43.2 Å². The van der Waals surface area contributed by atoms with Crippen molar-refractivity contribution in [2.75, 3.05) is 13.2 Å². The van der Waals surface area contributed by atoms with E-state index in [0.717, 1.165) is 36.8 Å². The molecule has 0 radical (unpaired) electrons. The summed E-state index contributed by atoms with van der Waals surface area (Å²) in [7, 11) is 0. The van der Waals surface area contributed by atoms with Crippen molar-refractivity contribution >= 4 is 11.9 Å². The lowest BCUT2D eigenvalue weighted by atomic mass is 9.45. The number of ether oxygens (including phenoxy) is 2. The number of hydrogen-bond donors (Lipinski definition) is 0. The third-order valence-electron chi connectivity index (χ3n) is 7.92. The summed E-state index contributed by atoms with van der Waals surface area (Å²) < 4.78 is 11.6. The summed E-state index contributed by atoms with van der Waals surface area (Å²) in [6.45, 7) is 0.721. The van der Waals surface area contributed by atoms with Crippen LogP contribution in [0, 0.1) is 29.1 Å². The van der Waals surface area contributed by atoms with Crippen LogP contribution in [0.15, 0.2) is 60.7 Å². The Hall–Kier alpha value is -2.62. The number of hydrogen-bond acceptors (Lipinski definition) is 4. The molecule has 0 saturated heterocycles. The van der Waals surface area contributed by atoms with Crippen LogP contribution in [-0.4, -0.2) is 25.2 Å². The Balaban J connectivity index is 1.26. The molecule has 0 N–H and O–H groups in total. The van der Waals surface area contributed by atoms with Gasteiger partial charge in [-0.05, 0) is 61.0 Å². The van der Waals surface area contributed by atoms with E-state index in [9.17, 15) is 9.59 Å². The molecule has 3 unspecified atom stereocenters. The van der Waals surface area contributed by atoms with Gasteiger partial charge in [0.25, 0.3) is 0 Å². The SMILES string of the molecule is O=C(OCCc1ccccc1)C1C2CC3CC(C2)CC1(C(=O)OCCc1ccccc1)C3. The van der Waals surface area contributed by atoms with Gasteiger partial charge in [0.05, 0.1) is 24.5 Å². The minimum Gasteiger partial charge on any atom is -0.465 e. The zero-order chi connectivity index (χ0) is 22.0. The van der Waals surface area contributed by atoms with Gasteiger partial charge in [-0.1, -0.05) is 60.7 Å². The van der Waals surface area contributed by atoms with Crippen molar-refractivity contribution in [2.24, 2.45) is 29.1 Å². The number of carbonyl (C=O) groups excluding carboxylic acids is 2. The molecule has 0 aliphatic heterocycles. The second kappa shape index (κ2) is 9.09. The molecule has 4 aliphatic rings. The number of rotatable bonds is 8. The lowest BCUT2D eigenvalue weighted by Gasteiger charge is -2.58. The Morgan fingerprint density at radius 1 is 0.750 bits per heavy atom. The average molecular weight is 433 g/mol. The second-order valence-electron chi connectivity index (χ2n) is 10.0. The van der Waals surface area contributed by atoms with Gasteiger partial charge >= 0.3 is 11.9 Å². The summed E-state index contributed by atoms with van der Waals surface area (Å²) in [5.41, 5.74) is 1.62. The third-order valence-corrected chi connectivity index (χ3v) is 7.92. The Kier molecular flexibility index (Phi) is 6.03. The molecule has 4 fully saturated rings. The number of benzene rings is 2. The largest absolute Gasteiger partial charge is 0.465 e.